The first-order valence-corrected chi connectivity index (χ1v) is 10.9. The molecule has 4 aromatic heterocycles. The number of halogens is 1. The number of thiophene rings is 1. The predicted molar refractivity (Wildman–Crippen MR) is 116 cm³/mol. The molecule has 29 heavy (non-hydrogen) atoms. The van der Waals surface area contributed by atoms with E-state index in [-0.39, 0.29) is 5.56 Å². The first kappa shape index (κ1) is 18.4. The van der Waals surface area contributed by atoms with Crippen molar-refractivity contribution in [1.29, 1.82) is 0 Å². The third-order valence-electron chi connectivity index (χ3n) is 4.35. The Morgan fingerprint density at radius 3 is 2.93 bits per heavy atom. The van der Waals surface area contributed by atoms with Crippen molar-refractivity contribution in [1.82, 2.24) is 19.6 Å². The van der Waals surface area contributed by atoms with Gasteiger partial charge in [0.15, 0.2) is 0 Å². The Bertz CT molecular complexity index is 1420. The van der Waals surface area contributed by atoms with Crippen LogP contribution in [0.2, 0.25) is 5.02 Å². The van der Waals surface area contributed by atoms with Gasteiger partial charge in [-0.2, -0.15) is 0 Å². The van der Waals surface area contributed by atoms with Crippen LogP contribution < -0.4 is 5.56 Å². The van der Waals surface area contributed by atoms with Gasteiger partial charge in [-0.25, -0.2) is 4.98 Å². The number of aryl methyl sites for hydroxylation is 1. The van der Waals surface area contributed by atoms with Gasteiger partial charge < -0.3 is 4.42 Å². The maximum Gasteiger partial charge on any atom is 0.277 e. The summed E-state index contributed by atoms with van der Waals surface area (Å²) in [6.07, 6.45) is 1.73. The van der Waals surface area contributed by atoms with Crippen LogP contribution in [0.25, 0.3) is 26.5 Å². The quantitative estimate of drug-likeness (QED) is 0.357. The van der Waals surface area contributed by atoms with E-state index in [0.29, 0.717) is 33.2 Å². The molecule has 0 saturated heterocycles. The van der Waals surface area contributed by atoms with Gasteiger partial charge in [-0.15, -0.1) is 21.5 Å². The fourth-order valence-corrected chi connectivity index (χ4v) is 5.06. The second-order valence-electron chi connectivity index (χ2n) is 6.42. The van der Waals surface area contributed by atoms with Crippen LogP contribution in [0, 0.1) is 6.92 Å². The monoisotopic (exact) mass is 440 g/mol. The molecule has 0 unspecified atom stereocenters. The SMILES string of the molecule is Cc1ccn2c(=O)cc(CSc3nnc(-c4sc5ccccc5c4Cl)o3)nc2c1. The van der Waals surface area contributed by atoms with Crippen molar-refractivity contribution in [2.45, 2.75) is 17.9 Å². The Morgan fingerprint density at radius 2 is 2.07 bits per heavy atom. The summed E-state index contributed by atoms with van der Waals surface area (Å²) in [6, 6.07) is 13.2. The fourth-order valence-electron chi connectivity index (χ4n) is 2.97. The van der Waals surface area contributed by atoms with Crippen molar-refractivity contribution in [2.75, 3.05) is 0 Å². The lowest BCUT2D eigenvalue weighted by molar-refractivity contribution is 0.466. The second-order valence-corrected chi connectivity index (χ2v) is 8.78. The third-order valence-corrected chi connectivity index (χ3v) is 6.87. The van der Waals surface area contributed by atoms with Crippen LogP contribution in [-0.4, -0.2) is 19.6 Å². The van der Waals surface area contributed by atoms with Gasteiger partial charge in [0.2, 0.25) is 0 Å². The fraction of sp³-hybridized carbons (Fsp3) is 0.100. The minimum atomic E-state index is -0.117. The van der Waals surface area contributed by atoms with E-state index in [1.807, 2.05) is 43.3 Å². The normalized spacial score (nSPS) is 11.5. The Labute approximate surface area is 178 Å². The first-order valence-electron chi connectivity index (χ1n) is 8.71. The molecule has 5 aromatic rings. The van der Waals surface area contributed by atoms with E-state index in [2.05, 4.69) is 15.2 Å². The van der Waals surface area contributed by atoms with Gasteiger partial charge in [-0.05, 0) is 30.7 Å². The van der Waals surface area contributed by atoms with Gasteiger partial charge in [-0.3, -0.25) is 9.20 Å². The van der Waals surface area contributed by atoms with Gasteiger partial charge in [0.25, 0.3) is 16.7 Å². The number of nitrogens with zero attached hydrogens (tertiary/aromatic N) is 4. The van der Waals surface area contributed by atoms with E-state index >= 15 is 0 Å². The van der Waals surface area contributed by atoms with Crippen molar-refractivity contribution in [3.8, 4) is 10.8 Å². The Hall–Kier alpha value is -2.68. The van der Waals surface area contributed by atoms with Crippen molar-refractivity contribution in [3.63, 3.8) is 0 Å². The van der Waals surface area contributed by atoms with Crippen LogP contribution >= 0.6 is 34.7 Å². The van der Waals surface area contributed by atoms with E-state index in [1.54, 1.807) is 6.20 Å². The molecule has 0 aliphatic rings. The summed E-state index contributed by atoms with van der Waals surface area (Å²) in [5, 5.41) is 10.2. The molecule has 5 rings (SSSR count). The number of fused-ring (bicyclic) bond motifs is 2. The molecule has 0 saturated carbocycles. The van der Waals surface area contributed by atoms with Crippen LogP contribution in [0.5, 0.6) is 0 Å². The largest absolute Gasteiger partial charge is 0.410 e. The molecular weight excluding hydrogens is 428 g/mol. The van der Waals surface area contributed by atoms with Gasteiger partial charge in [-0.1, -0.05) is 41.6 Å². The van der Waals surface area contributed by atoms with Crippen molar-refractivity contribution < 1.29 is 4.42 Å². The zero-order chi connectivity index (χ0) is 20.0. The highest BCUT2D eigenvalue weighted by atomic mass is 35.5. The van der Waals surface area contributed by atoms with Crippen LogP contribution in [0.3, 0.4) is 0 Å². The highest BCUT2D eigenvalue weighted by Gasteiger charge is 2.18. The lowest BCUT2D eigenvalue weighted by atomic mass is 10.2. The summed E-state index contributed by atoms with van der Waals surface area (Å²) in [5.41, 5.74) is 2.21. The molecular formula is C20H13ClN4O2S2. The smallest absolute Gasteiger partial charge is 0.277 e. The molecule has 0 atom stereocenters. The van der Waals surface area contributed by atoms with Gasteiger partial charge >= 0.3 is 0 Å². The predicted octanol–water partition coefficient (Wildman–Crippen LogP) is 5.21. The average molecular weight is 441 g/mol. The second kappa shape index (κ2) is 7.29. The van der Waals surface area contributed by atoms with Gasteiger partial charge in [0.1, 0.15) is 10.5 Å². The Kier molecular flexibility index (Phi) is 4.61. The molecule has 0 N–H and O–H groups in total. The zero-order valence-corrected chi connectivity index (χ0v) is 17.5. The molecule has 4 heterocycles. The summed E-state index contributed by atoms with van der Waals surface area (Å²) < 4.78 is 8.38. The average Bonchev–Trinajstić information content (AvgIpc) is 3.31. The summed E-state index contributed by atoms with van der Waals surface area (Å²) >= 11 is 9.34. The van der Waals surface area contributed by atoms with Gasteiger partial charge in [0, 0.05) is 28.1 Å². The van der Waals surface area contributed by atoms with Crippen molar-refractivity contribution >= 4 is 50.4 Å². The van der Waals surface area contributed by atoms with Gasteiger partial charge in [0.05, 0.1) is 10.7 Å². The molecule has 0 spiro atoms. The molecule has 144 valence electrons. The summed E-state index contributed by atoms with van der Waals surface area (Å²) in [5.74, 6) is 0.836. The summed E-state index contributed by atoms with van der Waals surface area (Å²) in [7, 11) is 0. The van der Waals surface area contributed by atoms with E-state index in [1.165, 1.54) is 33.6 Å². The highest BCUT2D eigenvalue weighted by Crippen LogP contribution is 2.41. The minimum absolute atomic E-state index is 0.117. The molecule has 0 radical (unpaired) electrons. The number of aromatic nitrogens is 4. The Morgan fingerprint density at radius 1 is 1.21 bits per heavy atom. The molecule has 0 fully saturated rings. The van der Waals surface area contributed by atoms with Crippen molar-refractivity contribution in [2.24, 2.45) is 0 Å². The molecule has 0 aliphatic heterocycles. The molecule has 9 heteroatoms. The number of hydrogen-bond acceptors (Lipinski definition) is 7. The van der Waals surface area contributed by atoms with E-state index < -0.39 is 0 Å². The number of hydrogen-bond donors (Lipinski definition) is 0. The van der Waals surface area contributed by atoms with E-state index in [4.69, 9.17) is 16.0 Å². The molecule has 0 amide bonds. The third kappa shape index (κ3) is 3.43. The first-order chi connectivity index (χ1) is 14.1. The van der Waals surface area contributed by atoms with Crippen LogP contribution in [0.1, 0.15) is 11.3 Å². The molecule has 6 nitrogen and oxygen atoms in total. The molecule has 0 bridgehead atoms. The van der Waals surface area contributed by atoms with E-state index in [0.717, 1.165) is 20.5 Å². The Balaban J connectivity index is 1.40. The number of benzene rings is 1. The van der Waals surface area contributed by atoms with Crippen molar-refractivity contribution in [3.05, 3.63) is 75.3 Å². The topological polar surface area (TPSA) is 73.3 Å². The van der Waals surface area contributed by atoms with Crippen LogP contribution in [0.15, 0.2) is 63.1 Å². The summed E-state index contributed by atoms with van der Waals surface area (Å²) in [4.78, 5) is 17.6. The van der Waals surface area contributed by atoms with E-state index in [9.17, 15) is 4.79 Å². The zero-order valence-electron chi connectivity index (χ0n) is 15.1. The number of pyridine rings is 1. The molecule has 1 aromatic carbocycles. The lowest BCUT2D eigenvalue weighted by Crippen LogP contribution is -2.15. The van der Waals surface area contributed by atoms with Crippen LogP contribution in [0.4, 0.5) is 0 Å². The highest BCUT2D eigenvalue weighted by molar-refractivity contribution is 7.98. The summed E-state index contributed by atoms with van der Waals surface area (Å²) in [6.45, 7) is 1.96. The maximum atomic E-state index is 12.3. The number of rotatable bonds is 4. The number of thioether (sulfide) groups is 1. The maximum absolute atomic E-state index is 12.3. The van der Waals surface area contributed by atoms with Crippen LogP contribution in [-0.2, 0) is 5.75 Å². The standard InChI is InChI=1S/C20H13ClN4O2S2/c1-11-6-7-25-15(8-11)22-12(9-16(25)26)10-28-20-24-23-19(27-20)18-17(21)13-4-2-3-5-14(13)29-18/h2-9H,10H2,1H3. The minimum Gasteiger partial charge on any atom is -0.410 e. The molecule has 0 aliphatic carbocycles. The lowest BCUT2D eigenvalue weighted by Gasteiger charge is -2.03.